The molecule has 0 saturated carbocycles. The van der Waals surface area contributed by atoms with E-state index in [1.165, 1.54) is 35.5 Å². The van der Waals surface area contributed by atoms with Crippen LogP contribution in [0.4, 0.5) is 5.69 Å². The zero-order valence-electron chi connectivity index (χ0n) is 15.8. The summed E-state index contributed by atoms with van der Waals surface area (Å²) in [4.78, 5) is 41.2. The summed E-state index contributed by atoms with van der Waals surface area (Å²) < 4.78 is 5.21. The monoisotopic (exact) mass is 413 g/mol. The average Bonchev–Trinajstić information content (AvgIpc) is 3.01. The first kappa shape index (κ1) is 21.1. The van der Waals surface area contributed by atoms with E-state index in [2.05, 4.69) is 4.98 Å². The van der Waals surface area contributed by atoms with E-state index in [4.69, 9.17) is 9.84 Å². The number of pyridine rings is 1. The second kappa shape index (κ2) is 9.25. The van der Waals surface area contributed by atoms with Crippen LogP contribution in [0, 0.1) is 10.1 Å². The molecule has 0 radical (unpaired) electrons. The number of benzene rings is 1. The van der Waals surface area contributed by atoms with Gasteiger partial charge in [-0.25, -0.2) is 0 Å². The Morgan fingerprint density at radius 3 is 2.70 bits per heavy atom. The maximum atomic E-state index is 12.8. The summed E-state index contributed by atoms with van der Waals surface area (Å²) in [6.07, 6.45) is 3.00. The van der Waals surface area contributed by atoms with E-state index in [9.17, 15) is 24.8 Å². The molecule has 2 aromatic rings. The number of hydrogen-bond acceptors (Lipinski definition) is 8. The van der Waals surface area contributed by atoms with Crippen LogP contribution in [0.15, 0.2) is 54.4 Å². The topological polar surface area (TPSA) is 143 Å². The number of aliphatic hydroxyl groups is 2. The third-order valence-corrected chi connectivity index (χ3v) is 4.58. The fourth-order valence-corrected chi connectivity index (χ4v) is 3.25. The molecule has 1 fully saturated rings. The van der Waals surface area contributed by atoms with Gasteiger partial charge in [-0.15, -0.1) is 0 Å². The third kappa shape index (κ3) is 4.19. The van der Waals surface area contributed by atoms with Crippen molar-refractivity contribution in [2.75, 3.05) is 26.4 Å². The first-order chi connectivity index (χ1) is 14.5. The molecule has 1 aromatic heterocycles. The molecule has 1 unspecified atom stereocenters. The fourth-order valence-electron chi connectivity index (χ4n) is 3.25. The van der Waals surface area contributed by atoms with Crippen LogP contribution in [0.5, 0.6) is 0 Å². The summed E-state index contributed by atoms with van der Waals surface area (Å²) in [5, 5.41) is 30.7. The number of aromatic nitrogens is 1. The van der Waals surface area contributed by atoms with Gasteiger partial charge in [0, 0.05) is 36.6 Å². The largest absolute Gasteiger partial charge is 0.507 e. The molecule has 0 aliphatic carbocycles. The lowest BCUT2D eigenvalue weighted by Crippen LogP contribution is -2.33. The Bertz CT molecular complexity index is 991. The van der Waals surface area contributed by atoms with E-state index in [1.807, 2.05) is 0 Å². The Labute approximate surface area is 171 Å². The Hall–Kier alpha value is -3.63. The molecule has 1 saturated heterocycles. The molecule has 30 heavy (non-hydrogen) atoms. The predicted molar refractivity (Wildman–Crippen MR) is 104 cm³/mol. The molecule has 0 spiro atoms. The van der Waals surface area contributed by atoms with Gasteiger partial charge in [0.25, 0.3) is 17.4 Å². The molecule has 1 atom stereocenters. The Balaban J connectivity index is 2.07. The van der Waals surface area contributed by atoms with Crippen molar-refractivity contribution in [3.8, 4) is 0 Å². The average molecular weight is 413 g/mol. The number of nitro groups is 1. The highest BCUT2D eigenvalue weighted by Crippen LogP contribution is 2.39. The van der Waals surface area contributed by atoms with E-state index in [0.29, 0.717) is 5.56 Å². The van der Waals surface area contributed by atoms with Crippen LogP contribution >= 0.6 is 0 Å². The van der Waals surface area contributed by atoms with Gasteiger partial charge < -0.3 is 19.8 Å². The summed E-state index contributed by atoms with van der Waals surface area (Å²) in [7, 11) is 0. The summed E-state index contributed by atoms with van der Waals surface area (Å²) >= 11 is 0. The normalized spacial score (nSPS) is 18.0. The van der Waals surface area contributed by atoms with Gasteiger partial charge in [0.15, 0.2) is 0 Å². The predicted octanol–water partition coefficient (Wildman–Crippen LogP) is 1.42. The minimum Gasteiger partial charge on any atom is -0.507 e. The lowest BCUT2D eigenvalue weighted by atomic mass is 9.96. The molecule has 1 aliphatic rings. The van der Waals surface area contributed by atoms with Crippen LogP contribution in [0.25, 0.3) is 5.76 Å². The standard InChI is InChI=1S/C20H19N3O7/c24-8-10-30-9-7-22-17(14-4-2-6-21-12-14)16(19(26)20(22)27)18(25)13-3-1-5-15(11-13)23(28)29/h1-6,11-12,17,24-25H,7-10H2/b18-16-. The number of nitro benzene ring substituents is 1. The molecular weight excluding hydrogens is 394 g/mol. The number of Topliss-reactive ketones (excluding diaryl/α,β-unsaturated/α-hetero) is 1. The molecule has 3 rings (SSSR count). The first-order valence-corrected chi connectivity index (χ1v) is 9.07. The van der Waals surface area contributed by atoms with Gasteiger partial charge in [-0.05, 0) is 11.6 Å². The third-order valence-electron chi connectivity index (χ3n) is 4.58. The Kier molecular flexibility index (Phi) is 6.50. The number of carbonyl (C=O) groups is 2. The van der Waals surface area contributed by atoms with Crippen LogP contribution < -0.4 is 0 Å². The van der Waals surface area contributed by atoms with Crippen molar-refractivity contribution < 1.29 is 29.5 Å². The van der Waals surface area contributed by atoms with Crippen LogP contribution in [0.2, 0.25) is 0 Å². The number of hydrogen-bond donors (Lipinski definition) is 2. The lowest BCUT2D eigenvalue weighted by Gasteiger charge is -2.24. The maximum Gasteiger partial charge on any atom is 0.295 e. The van der Waals surface area contributed by atoms with Gasteiger partial charge in [-0.1, -0.05) is 18.2 Å². The minimum absolute atomic E-state index is 0.0376. The first-order valence-electron chi connectivity index (χ1n) is 9.07. The highest BCUT2D eigenvalue weighted by Gasteiger charge is 2.46. The van der Waals surface area contributed by atoms with Gasteiger partial charge in [0.2, 0.25) is 0 Å². The molecule has 10 heteroatoms. The van der Waals surface area contributed by atoms with Gasteiger partial charge >= 0.3 is 0 Å². The van der Waals surface area contributed by atoms with E-state index < -0.39 is 28.4 Å². The maximum absolute atomic E-state index is 12.8. The number of non-ortho nitro benzene ring substituents is 1. The fraction of sp³-hybridized carbons (Fsp3) is 0.250. The number of ketones is 1. The van der Waals surface area contributed by atoms with Crippen molar-refractivity contribution in [3.05, 3.63) is 75.6 Å². The van der Waals surface area contributed by atoms with E-state index >= 15 is 0 Å². The molecule has 156 valence electrons. The molecule has 10 nitrogen and oxygen atoms in total. The SMILES string of the molecule is O=C1C(=O)N(CCOCCO)C(c2cccnc2)/C1=C(/O)c1cccc([N+](=O)[O-])c1. The number of nitrogens with zero attached hydrogens (tertiary/aromatic N) is 3. The lowest BCUT2D eigenvalue weighted by molar-refractivity contribution is -0.384. The van der Waals surface area contributed by atoms with E-state index in [0.717, 1.165) is 6.07 Å². The van der Waals surface area contributed by atoms with Crippen LogP contribution in [0.3, 0.4) is 0 Å². The van der Waals surface area contributed by atoms with Crippen LogP contribution in [0.1, 0.15) is 17.2 Å². The van der Waals surface area contributed by atoms with Crippen molar-refractivity contribution in [1.82, 2.24) is 9.88 Å². The van der Waals surface area contributed by atoms with Gasteiger partial charge in [-0.2, -0.15) is 0 Å². The second-order valence-corrected chi connectivity index (χ2v) is 6.42. The number of carbonyl (C=O) groups excluding carboxylic acids is 2. The summed E-state index contributed by atoms with van der Waals surface area (Å²) in [5.74, 6) is -2.25. The number of likely N-dealkylation sites (tertiary alicyclic amines) is 1. The van der Waals surface area contributed by atoms with Gasteiger partial charge in [-0.3, -0.25) is 24.7 Å². The zero-order valence-corrected chi connectivity index (χ0v) is 15.8. The minimum atomic E-state index is -0.935. The quantitative estimate of drug-likeness (QED) is 0.165. The molecule has 1 aromatic carbocycles. The van der Waals surface area contributed by atoms with Crippen molar-refractivity contribution in [3.63, 3.8) is 0 Å². The van der Waals surface area contributed by atoms with Gasteiger partial charge in [0.1, 0.15) is 5.76 Å². The smallest absolute Gasteiger partial charge is 0.295 e. The van der Waals surface area contributed by atoms with Crippen LogP contribution in [-0.4, -0.2) is 63.1 Å². The molecular formula is C20H19N3O7. The zero-order chi connectivity index (χ0) is 21.7. The van der Waals surface area contributed by atoms with Crippen molar-refractivity contribution in [2.45, 2.75) is 6.04 Å². The molecule has 2 N–H and O–H groups in total. The summed E-state index contributed by atoms with van der Waals surface area (Å²) in [6, 6.07) is 7.54. The number of ether oxygens (including phenoxy) is 1. The van der Waals surface area contributed by atoms with Gasteiger partial charge in [0.05, 0.1) is 36.4 Å². The summed E-state index contributed by atoms with van der Waals surface area (Å²) in [6.45, 7) is 0.00382. The molecule has 1 amide bonds. The Morgan fingerprint density at radius 2 is 2.03 bits per heavy atom. The second-order valence-electron chi connectivity index (χ2n) is 6.42. The van der Waals surface area contributed by atoms with E-state index in [-0.39, 0.29) is 43.2 Å². The Morgan fingerprint density at radius 1 is 1.23 bits per heavy atom. The van der Waals surface area contributed by atoms with Crippen molar-refractivity contribution >= 4 is 23.1 Å². The highest BCUT2D eigenvalue weighted by atomic mass is 16.6. The highest BCUT2D eigenvalue weighted by molar-refractivity contribution is 6.46. The molecule has 0 bridgehead atoms. The van der Waals surface area contributed by atoms with Crippen molar-refractivity contribution in [1.29, 1.82) is 0 Å². The number of aliphatic hydroxyl groups excluding tert-OH is 2. The van der Waals surface area contributed by atoms with E-state index in [1.54, 1.807) is 12.1 Å². The summed E-state index contributed by atoms with van der Waals surface area (Å²) in [5.41, 5.74) is 0.0951. The molecule has 1 aliphatic heterocycles. The number of amides is 1. The molecule has 2 heterocycles. The van der Waals surface area contributed by atoms with Crippen molar-refractivity contribution in [2.24, 2.45) is 0 Å². The number of rotatable bonds is 8. The van der Waals surface area contributed by atoms with Crippen LogP contribution in [-0.2, 0) is 14.3 Å².